The standard InChI is InChI=1S/C14H12F2N4/c15-14(16)20-4-3-12(19-20)9-5-10-11(8-1-2-8)7-18-13(10)17-6-9/h3-8,14H,1-2H2,(H,17,18). The predicted molar refractivity (Wildman–Crippen MR) is 70.5 cm³/mol. The van der Waals surface area contributed by atoms with Gasteiger partial charge in [0.15, 0.2) is 0 Å². The SMILES string of the molecule is FC(F)n1ccc(-c2cnc3[nH]cc(C4CC4)c3c2)n1. The molecule has 102 valence electrons. The highest BCUT2D eigenvalue weighted by Gasteiger charge is 2.26. The van der Waals surface area contributed by atoms with Gasteiger partial charge in [0, 0.05) is 29.5 Å². The van der Waals surface area contributed by atoms with Crippen LogP contribution < -0.4 is 0 Å². The molecule has 4 rings (SSSR count). The molecule has 0 unspecified atom stereocenters. The molecule has 1 aliphatic carbocycles. The van der Waals surface area contributed by atoms with E-state index in [0.29, 0.717) is 16.3 Å². The third-order valence-corrected chi connectivity index (χ3v) is 3.68. The van der Waals surface area contributed by atoms with E-state index in [2.05, 4.69) is 15.1 Å². The van der Waals surface area contributed by atoms with Crippen LogP contribution in [0.4, 0.5) is 8.78 Å². The Morgan fingerprint density at radius 3 is 2.90 bits per heavy atom. The van der Waals surface area contributed by atoms with E-state index in [1.807, 2.05) is 12.3 Å². The third kappa shape index (κ3) is 1.79. The molecule has 0 aromatic carbocycles. The number of hydrogen-bond donors (Lipinski definition) is 1. The first kappa shape index (κ1) is 11.6. The zero-order chi connectivity index (χ0) is 13.7. The summed E-state index contributed by atoms with van der Waals surface area (Å²) in [6.45, 7) is -2.62. The van der Waals surface area contributed by atoms with E-state index in [-0.39, 0.29) is 0 Å². The van der Waals surface area contributed by atoms with Crippen LogP contribution in [-0.4, -0.2) is 19.7 Å². The van der Waals surface area contributed by atoms with Crippen LogP contribution in [0.5, 0.6) is 0 Å². The van der Waals surface area contributed by atoms with Crippen LogP contribution in [0.15, 0.2) is 30.7 Å². The van der Waals surface area contributed by atoms with Gasteiger partial charge in [-0.1, -0.05) is 0 Å². The van der Waals surface area contributed by atoms with Crippen LogP contribution in [0, 0.1) is 0 Å². The summed E-state index contributed by atoms with van der Waals surface area (Å²) >= 11 is 0. The van der Waals surface area contributed by atoms with E-state index >= 15 is 0 Å². The van der Waals surface area contributed by atoms with Crippen molar-refractivity contribution in [3.63, 3.8) is 0 Å². The molecule has 0 aliphatic heterocycles. The second-order valence-electron chi connectivity index (χ2n) is 5.10. The Hall–Kier alpha value is -2.24. The van der Waals surface area contributed by atoms with Gasteiger partial charge in [-0.15, -0.1) is 0 Å². The number of hydrogen-bond acceptors (Lipinski definition) is 2. The van der Waals surface area contributed by atoms with Crippen LogP contribution in [0.25, 0.3) is 22.3 Å². The first-order valence-electron chi connectivity index (χ1n) is 6.53. The first-order valence-corrected chi connectivity index (χ1v) is 6.53. The molecule has 20 heavy (non-hydrogen) atoms. The molecular formula is C14H12F2N4. The Labute approximate surface area is 113 Å². The molecule has 0 bridgehead atoms. The van der Waals surface area contributed by atoms with E-state index in [4.69, 9.17) is 0 Å². The largest absolute Gasteiger partial charge is 0.346 e. The van der Waals surface area contributed by atoms with Crippen LogP contribution in [-0.2, 0) is 0 Å². The lowest BCUT2D eigenvalue weighted by molar-refractivity contribution is 0.0568. The fourth-order valence-electron chi connectivity index (χ4n) is 2.50. The molecule has 0 amide bonds. The second-order valence-corrected chi connectivity index (χ2v) is 5.10. The highest BCUT2D eigenvalue weighted by Crippen LogP contribution is 2.43. The Kier molecular flexibility index (Phi) is 2.39. The molecule has 0 radical (unpaired) electrons. The van der Waals surface area contributed by atoms with E-state index in [1.54, 1.807) is 12.3 Å². The van der Waals surface area contributed by atoms with Crippen LogP contribution in [0.1, 0.15) is 30.9 Å². The number of rotatable bonds is 3. The number of aromatic nitrogens is 4. The highest BCUT2D eigenvalue weighted by molar-refractivity contribution is 5.84. The molecule has 1 aliphatic rings. The topological polar surface area (TPSA) is 46.5 Å². The Balaban J connectivity index is 1.80. The van der Waals surface area contributed by atoms with Crippen molar-refractivity contribution in [1.82, 2.24) is 19.7 Å². The number of fused-ring (bicyclic) bond motifs is 1. The van der Waals surface area contributed by atoms with Crippen LogP contribution in [0.3, 0.4) is 0 Å². The smallest absolute Gasteiger partial charge is 0.333 e. The fourth-order valence-corrected chi connectivity index (χ4v) is 2.50. The van der Waals surface area contributed by atoms with Gasteiger partial charge in [0.2, 0.25) is 0 Å². The molecule has 0 spiro atoms. The van der Waals surface area contributed by atoms with Crippen molar-refractivity contribution >= 4 is 11.0 Å². The number of pyridine rings is 1. The van der Waals surface area contributed by atoms with Gasteiger partial charge in [-0.2, -0.15) is 13.9 Å². The third-order valence-electron chi connectivity index (χ3n) is 3.68. The molecule has 0 saturated heterocycles. The molecule has 1 saturated carbocycles. The van der Waals surface area contributed by atoms with Crippen molar-refractivity contribution < 1.29 is 8.78 Å². The molecule has 6 heteroatoms. The average molecular weight is 274 g/mol. The number of H-pyrrole nitrogens is 1. The zero-order valence-electron chi connectivity index (χ0n) is 10.6. The minimum Gasteiger partial charge on any atom is -0.346 e. The lowest BCUT2D eigenvalue weighted by atomic mass is 10.1. The van der Waals surface area contributed by atoms with Gasteiger partial charge in [-0.05, 0) is 36.5 Å². The number of aromatic amines is 1. The van der Waals surface area contributed by atoms with E-state index in [0.717, 1.165) is 16.6 Å². The molecule has 3 aromatic heterocycles. The Bertz CT molecular complexity index is 770. The Morgan fingerprint density at radius 1 is 1.35 bits per heavy atom. The van der Waals surface area contributed by atoms with Crippen molar-refractivity contribution in [1.29, 1.82) is 0 Å². The number of halogens is 2. The lowest BCUT2D eigenvalue weighted by Gasteiger charge is -2.00. The van der Waals surface area contributed by atoms with Gasteiger partial charge < -0.3 is 4.98 Å². The normalized spacial score (nSPS) is 15.3. The summed E-state index contributed by atoms with van der Waals surface area (Å²) in [4.78, 5) is 7.51. The summed E-state index contributed by atoms with van der Waals surface area (Å²) in [7, 11) is 0. The van der Waals surface area contributed by atoms with Gasteiger partial charge in [0.25, 0.3) is 0 Å². The fraction of sp³-hybridized carbons (Fsp3) is 0.286. The first-order chi connectivity index (χ1) is 9.72. The summed E-state index contributed by atoms with van der Waals surface area (Å²) in [6, 6.07) is 3.56. The van der Waals surface area contributed by atoms with E-state index < -0.39 is 6.55 Å². The maximum Gasteiger partial charge on any atom is 0.333 e. The molecule has 4 nitrogen and oxygen atoms in total. The van der Waals surface area contributed by atoms with Gasteiger partial charge in [-0.3, -0.25) is 0 Å². The quantitative estimate of drug-likeness (QED) is 0.791. The van der Waals surface area contributed by atoms with Gasteiger partial charge >= 0.3 is 6.55 Å². The molecule has 3 aromatic rings. The van der Waals surface area contributed by atoms with Crippen molar-refractivity contribution in [2.45, 2.75) is 25.3 Å². The maximum absolute atomic E-state index is 12.6. The lowest BCUT2D eigenvalue weighted by Crippen LogP contribution is -1.98. The van der Waals surface area contributed by atoms with E-state index in [1.165, 1.54) is 24.6 Å². The molecule has 1 N–H and O–H groups in total. The second kappa shape index (κ2) is 4.13. The van der Waals surface area contributed by atoms with Crippen LogP contribution in [0.2, 0.25) is 0 Å². The highest BCUT2D eigenvalue weighted by atomic mass is 19.3. The average Bonchev–Trinajstić information content (AvgIpc) is 3.03. The monoisotopic (exact) mass is 274 g/mol. The maximum atomic E-state index is 12.6. The molecular weight excluding hydrogens is 262 g/mol. The van der Waals surface area contributed by atoms with E-state index in [9.17, 15) is 8.78 Å². The minimum absolute atomic E-state index is 0.516. The van der Waals surface area contributed by atoms with Crippen molar-refractivity contribution in [3.05, 3.63) is 36.3 Å². The summed E-state index contributed by atoms with van der Waals surface area (Å²) in [5, 5.41) is 4.94. The van der Waals surface area contributed by atoms with Gasteiger partial charge in [0.1, 0.15) is 5.65 Å². The molecule has 1 fully saturated rings. The van der Waals surface area contributed by atoms with Crippen LogP contribution >= 0.6 is 0 Å². The van der Waals surface area contributed by atoms with Gasteiger partial charge in [0.05, 0.1) is 5.69 Å². The molecule has 3 heterocycles. The summed E-state index contributed by atoms with van der Waals surface area (Å²) in [5.41, 5.74) is 3.38. The van der Waals surface area contributed by atoms with Crippen molar-refractivity contribution in [2.24, 2.45) is 0 Å². The Morgan fingerprint density at radius 2 is 2.20 bits per heavy atom. The molecule has 0 atom stereocenters. The summed E-state index contributed by atoms with van der Waals surface area (Å²) < 4.78 is 25.8. The summed E-state index contributed by atoms with van der Waals surface area (Å²) in [5.74, 6) is 0.611. The minimum atomic E-state index is -2.62. The van der Waals surface area contributed by atoms with Crippen molar-refractivity contribution in [3.8, 4) is 11.3 Å². The zero-order valence-corrected chi connectivity index (χ0v) is 10.6. The van der Waals surface area contributed by atoms with Gasteiger partial charge in [-0.25, -0.2) is 9.67 Å². The predicted octanol–water partition coefficient (Wildman–Crippen LogP) is 3.70. The summed E-state index contributed by atoms with van der Waals surface area (Å²) in [6.07, 6.45) is 7.35. The number of nitrogens with one attached hydrogen (secondary N) is 1. The van der Waals surface area contributed by atoms with Crippen molar-refractivity contribution in [2.75, 3.05) is 0 Å². The number of nitrogens with zero attached hydrogens (tertiary/aromatic N) is 3. The number of alkyl halides is 2.